The lowest BCUT2D eigenvalue weighted by Crippen LogP contribution is -2.67. The van der Waals surface area contributed by atoms with Gasteiger partial charge in [-0.15, -0.1) is 0 Å². The van der Waals surface area contributed by atoms with Crippen LogP contribution in [-0.4, -0.2) is 61.2 Å². The highest BCUT2D eigenvalue weighted by Crippen LogP contribution is 2.68. The fourth-order valence-corrected chi connectivity index (χ4v) is 7.36. The van der Waals surface area contributed by atoms with Crippen LogP contribution < -0.4 is 0 Å². The summed E-state index contributed by atoms with van der Waals surface area (Å²) in [6.07, 6.45) is 7.34. The highest BCUT2D eigenvalue weighted by Gasteiger charge is 2.71. The SMILES string of the molecule is COC1CCC2C[C@@H]3[C@@H]4CC[C@H](O)[C@@H]5OC1C2[C@]45CCN3C. The van der Waals surface area contributed by atoms with Gasteiger partial charge >= 0.3 is 0 Å². The fraction of sp³-hybridized carbons (Fsp3) is 1.00. The molecular weight excluding hydrogens is 278 g/mol. The number of likely N-dealkylation sites (tertiary alicyclic amines) is 1. The van der Waals surface area contributed by atoms with Crippen molar-refractivity contribution in [2.45, 2.75) is 69.0 Å². The third-order valence-corrected chi connectivity index (χ3v) is 8.09. The standard InChI is InChI=1S/C18H29NO3/c1-19-8-7-18-11-4-5-13(20)17(18)22-16-14(21-2)6-3-10(15(16)18)9-12(11)19/h10-17,20H,3-9H2,1-2H3/t10?,11-,12+,13-,14?,15?,16?,17-,18-/m0/s1. The smallest absolute Gasteiger partial charge is 0.0902 e. The zero-order chi connectivity index (χ0) is 15.1. The van der Waals surface area contributed by atoms with Gasteiger partial charge in [-0.05, 0) is 69.9 Å². The van der Waals surface area contributed by atoms with Gasteiger partial charge in [-0.25, -0.2) is 0 Å². The van der Waals surface area contributed by atoms with E-state index in [-0.39, 0.29) is 29.8 Å². The summed E-state index contributed by atoms with van der Waals surface area (Å²) in [7, 11) is 4.15. The predicted molar refractivity (Wildman–Crippen MR) is 82.5 cm³/mol. The molecule has 5 aliphatic rings. The van der Waals surface area contributed by atoms with Crippen molar-refractivity contribution in [3.8, 4) is 0 Å². The Bertz CT molecular complexity index is 471. The first-order valence-corrected chi connectivity index (χ1v) is 9.23. The van der Waals surface area contributed by atoms with Crippen molar-refractivity contribution in [2.75, 3.05) is 20.7 Å². The highest BCUT2D eigenvalue weighted by molar-refractivity contribution is 5.20. The van der Waals surface area contributed by atoms with Gasteiger partial charge in [-0.3, -0.25) is 0 Å². The zero-order valence-corrected chi connectivity index (χ0v) is 13.8. The summed E-state index contributed by atoms with van der Waals surface area (Å²) in [4.78, 5) is 2.61. The molecule has 4 nitrogen and oxygen atoms in total. The average Bonchev–Trinajstić information content (AvgIpc) is 2.88. The molecule has 3 saturated carbocycles. The van der Waals surface area contributed by atoms with Gasteiger partial charge in [0.2, 0.25) is 0 Å². The minimum absolute atomic E-state index is 0.0657. The van der Waals surface area contributed by atoms with E-state index in [1.54, 1.807) is 0 Å². The molecule has 5 fully saturated rings. The van der Waals surface area contributed by atoms with E-state index in [1.807, 2.05) is 7.11 Å². The second kappa shape index (κ2) is 4.69. The van der Waals surface area contributed by atoms with Crippen LogP contribution in [0.1, 0.15) is 38.5 Å². The van der Waals surface area contributed by atoms with Crippen molar-refractivity contribution in [1.29, 1.82) is 0 Å². The molecule has 1 N–H and O–H groups in total. The van der Waals surface area contributed by atoms with E-state index in [9.17, 15) is 5.11 Å². The number of piperidine rings is 1. The highest BCUT2D eigenvalue weighted by atomic mass is 16.6. The second-order valence-electron chi connectivity index (χ2n) is 8.56. The van der Waals surface area contributed by atoms with E-state index in [0.29, 0.717) is 12.0 Å². The molecule has 0 aromatic rings. The molecule has 0 aromatic heterocycles. The van der Waals surface area contributed by atoms with Crippen LogP contribution in [0.3, 0.4) is 0 Å². The molecule has 22 heavy (non-hydrogen) atoms. The lowest BCUT2D eigenvalue weighted by atomic mass is 9.45. The molecular formula is C18H29NO3. The minimum Gasteiger partial charge on any atom is -0.390 e. The van der Waals surface area contributed by atoms with Crippen LogP contribution in [0.4, 0.5) is 0 Å². The largest absolute Gasteiger partial charge is 0.390 e. The molecule has 2 saturated heterocycles. The van der Waals surface area contributed by atoms with E-state index in [1.165, 1.54) is 32.2 Å². The van der Waals surface area contributed by atoms with Gasteiger partial charge < -0.3 is 19.5 Å². The van der Waals surface area contributed by atoms with E-state index in [4.69, 9.17) is 9.47 Å². The number of methoxy groups -OCH3 is 1. The van der Waals surface area contributed by atoms with Crippen LogP contribution in [0, 0.1) is 23.2 Å². The van der Waals surface area contributed by atoms with Crippen LogP contribution >= 0.6 is 0 Å². The first kappa shape index (κ1) is 14.2. The maximum atomic E-state index is 10.7. The van der Waals surface area contributed by atoms with Gasteiger partial charge in [0.15, 0.2) is 0 Å². The summed E-state index contributed by atoms with van der Waals surface area (Å²) in [5.41, 5.74) is 0.236. The molecule has 3 aliphatic carbocycles. The summed E-state index contributed by atoms with van der Waals surface area (Å²) in [6, 6.07) is 0.714. The Morgan fingerprint density at radius 2 is 2.09 bits per heavy atom. The van der Waals surface area contributed by atoms with Crippen LogP contribution in [-0.2, 0) is 9.47 Å². The Morgan fingerprint density at radius 3 is 2.91 bits per heavy atom. The maximum absolute atomic E-state index is 10.7. The molecule has 2 aliphatic heterocycles. The topological polar surface area (TPSA) is 41.9 Å². The molecule has 124 valence electrons. The van der Waals surface area contributed by atoms with Crippen LogP contribution in [0.5, 0.6) is 0 Å². The first-order chi connectivity index (χ1) is 10.7. The number of rotatable bonds is 1. The van der Waals surface area contributed by atoms with Gasteiger partial charge in [-0.2, -0.15) is 0 Å². The lowest BCUT2D eigenvalue weighted by molar-refractivity contribution is -0.173. The normalized spacial score (nSPS) is 60.1. The summed E-state index contributed by atoms with van der Waals surface area (Å²) < 4.78 is 12.4. The van der Waals surface area contributed by atoms with Crippen LogP contribution in [0.25, 0.3) is 0 Å². The summed E-state index contributed by atoms with van der Waals surface area (Å²) >= 11 is 0. The Hall–Kier alpha value is -0.160. The number of hydrogen-bond acceptors (Lipinski definition) is 4. The maximum Gasteiger partial charge on any atom is 0.0902 e. The third kappa shape index (κ3) is 1.53. The van der Waals surface area contributed by atoms with Gasteiger partial charge in [0, 0.05) is 18.6 Å². The third-order valence-electron chi connectivity index (χ3n) is 8.09. The average molecular weight is 307 g/mol. The van der Waals surface area contributed by atoms with Crippen molar-refractivity contribution in [1.82, 2.24) is 4.90 Å². The second-order valence-corrected chi connectivity index (χ2v) is 8.56. The Balaban J connectivity index is 1.63. The van der Waals surface area contributed by atoms with E-state index < -0.39 is 0 Å². The number of nitrogens with zero attached hydrogens (tertiary/aromatic N) is 1. The molecule has 5 rings (SSSR count). The van der Waals surface area contributed by atoms with Crippen molar-refractivity contribution >= 4 is 0 Å². The molecule has 1 spiro atoms. The fourth-order valence-electron chi connectivity index (χ4n) is 7.36. The van der Waals surface area contributed by atoms with Crippen molar-refractivity contribution in [3.05, 3.63) is 0 Å². The number of aliphatic hydroxyl groups is 1. The van der Waals surface area contributed by atoms with Gasteiger partial charge in [0.25, 0.3) is 0 Å². The first-order valence-electron chi connectivity index (χ1n) is 9.23. The molecule has 4 heteroatoms. The summed E-state index contributed by atoms with van der Waals surface area (Å²) in [5, 5.41) is 10.7. The lowest BCUT2D eigenvalue weighted by Gasteiger charge is -2.63. The summed E-state index contributed by atoms with van der Waals surface area (Å²) in [6.45, 7) is 1.17. The van der Waals surface area contributed by atoms with Gasteiger partial charge in [0.05, 0.1) is 24.4 Å². The predicted octanol–water partition coefficient (Wildman–Crippen LogP) is 1.66. The quantitative estimate of drug-likeness (QED) is 0.800. The molecule has 4 unspecified atom stereocenters. The van der Waals surface area contributed by atoms with Crippen LogP contribution in [0.2, 0.25) is 0 Å². The molecule has 2 bridgehead atoms. The number of ether oxygens (including phenoxy) is 2. The zero-order valence-electron chi connectivity index (χ0n) is 13.8. The minimum atomic E-state index is -0.262. The van der Waals surface area contributed by atoms with Crippen molar-refractivity contribution < 1.29 is 14.6 Å². The molecule has 0 radical (unpaired) electrons. The molecule has 0 aromatic carbocycles. The van der Waals surface area contributed by atoms with Gasteiger partial charge in [0.1, 0.15) is 0 Å². The number of hydrogen-bond donors (Lipinski definition) is 1. The van der Waals surface area contributed by atoms with E-state index >= 15 is 0 Å². The molecule has 9 atom stereocenters. The van der Waals surface area contributed by atoms with E-state index in [2.05, 4.69) is 11.9 Å². The summed E-state index contributed by atoms with van der Waals surface area (Å²) in [5.74, 6) is 2.12. The Morgan fingerprint density at radius 1 is 1.23 bits per heavy atom. The Kier molecular flexibility index (Phi) is 3.03. The molecule has 0 amide bonds. The van der Waals surface area contributed by atoms with Crippen molar-refractivity contribution in [3.63, 3.8) is 0 Å². The Labute approximate surface area is 133 Å². The molecule has 2 heterocycles. The van der Waals surface area contributed by atoms with Crippen molar-refractivity contribution in [2.24, 2.45) is 23.2 Å². The monoisotopic (exact) mass is 307 g/mol. The van der Waals surface area contributed by atoms with E-state index in [0.717, 1.165) is 24.7 Å². The van der Waals surface area contributed by atoms with Crippen LogP contribution in [0.15, 0.2) is 0 Å². The van der Waals surface area contributed by atoms with Gasteiger partial charge in [-0.1, -0.05) is 0 Å². The number of aliphatic hydroxyl groups excluding tert-OH is 1.